The maximum atomic E-state index is 13.0. The zero-order valence-corrected chi connectivity index (χ0v) is 34.5. The third-order valence-corrected chi connectivity index (χ3v) is 9.82. The van der Waals surface area contributed by atoms with Gasteiger partial charge in [0.25, 0.3) is 0 Å². The zero-order valence-electron chi connectivity index (χ0n) is 34.5. The second-order valence-electron chi connectivity index (χ2n) is 15.0. The molecule has 5 aromatic carbocycles. The Hall–Kier alpha value is -5.24. The predicted molar refractivity (Wildman–Crippen MR) is 228 cm³/mol. The molecular weight excluding hydrogens is 717 g/mol. The van der Waals surface area contributed by atoms with E-state index in [1.165, 1.54) is 0 Å². The van der Waals surface area contributed by atoms with Crippen molar-refractivity contribution in [1.29, 1.82) is 0 Å². The molecule has 0 spiro atoms. The van der Waals surface area contributed by atoms with E-state index < -0.39 is 12.2 Å². The van der Waals surface area contributed by atoms with Crippen LogP contribution in [-0.4, -0.2) is 50.6 Å². The maximum Gasteiger partial charge on any atom is 0.306 e. The van der Waals surface area contributed by atoms with Gasteiger partial charge in [0.05, 0.1) is 0 Å². The fraction of sp³-hybridized carbons (Fsp3) is 0.429. The lowest BCUT2D eigenvalue weighted by molar-refractivity contribution is -0.153. The van der Waals surface area contributed by atoms with Crippen LogP contribution in [0.1, 0.15) is 94.7 Å². The zero-order chi connectivity index (χ0) is 40.4. The number of carbonyl (C=O) groups is 2. The first-order valence-electron chi connectivity index (χ1n) is 20.7. The van der Waals surface area contributed by atoms with Crippen LogP contribution in [0.5, 0.6) is 23.0 Å². The number of benzene rings is 5. The smallest absolute Gasteiger partial charge is 0.306 e. The van der Waals surface area contributed by atoms with E-state index in [4.69, 9.17) is 28.4 Å². The number of aryl methyl sites for hydroxylation is 3. The standard InChI is InChI=1S/C49H60O8/c1-6-8-10-12-24-46(50)56-40(31-52-38-20-16-18-35(3)28-38)33-54-48-42-22-14-15-23-43(42)49(45-30-37(5)26-27-44(45)48)55-34-41(57-47(51)25-13-11-9-7-2)32-53-39-21-17-19-36(4)29-39/h14-23,26-30,40-41H,6-13,24-25,31-34H2,1-5H3. The molecule has 2 unspecified atom stereocenters. The Bertz CT molecular complexity index is 2040. The van der Waals surface area contributed by atoms with Crippen molar-refractivity contribution < 1.29 is 38.0 Å². The van der Waals surface area contributed by atoms with Gasteiger partial charge in [0, 0.05) is 34.4 Å². The van der Waals surface area contributed by atoms with Gasteiger partial charge >= 0.3 is 11.9 Å². The van der Waals surface area contributed by atoms with Crippen LogP contribution in [0.2, 0.25) is 0 Å². The average Bonchev–Trinajstić information content (AvgIpc) is 3.20. The van der Waals surface area contributed by atoms with Crippen LogP contribution in [0.15, 0.2) is 91.0 Å². The Balaban J connectivity index is 1.40. The Labute approximate surface area is 338 Å². The highest BCUT2D eigenvalue weighted by molar-refractivity contribution is 6.11. The number of hydrogen-bond acceptors (Lipinski definition) is 8. The first-order valence-corrected chi connectivity index (χ1v) is 20.7. The molecule has 2 atom stereocenters. The number of rotatable bonds is 24. The minimum atomic E-state index is -0.649. The molecule has 0 aliphatic rings. The van der Waals surface area contributed by atoms with Gasteiger partial charge in [0.15, 0.2) is 12.2 Å². The van der Waals surface area contributed by atoms with Gasteiger partial charge in [-0.25, -0.2) is 0 Å². The summed E-state index contributed by atoms with van der Waals surface area (Å²) in [4.78, 5) is 26.1. The van der Waals surface area contributed by atoms with Gasteiger partial charge in [-0.2, -0.15) is 0 Å². The number of carbonyl (C=O) groups excluding carboxylic acids is 2. The quantitative estimate of drug-likeness (QED) is 0.0348. The highest BCUT2D eigenvalue weighted by atomic mass is 16.6. The van der Waals surface area contributed by atoms with Gasteiger partial charge in [-0.05, 0) is 75.1 Å². The van der Waals surface area contributed by atoms with Crippen LogP contribution in [0, 0.1) is 20.8 Å². The third-order valence-electron chi connectivity index (χ3n) is 9.82. The number of ether oxygens (including phenoxy) is 6. The Kier molecular flexibility index (Phi) is 16.9. The van der Waals surface area contributed by atoms with Crippen LogP contribution >= 0.6 is 0 Å². The normalized spacial score (nSPS) is 12.2. The van der Waals surface area contributed by atoms with E-state index in [1.54, 1.807) is 0 Å². The summed E-state index contributed by atoms with van der Waals surface area (Å²) in [7, 11) is 0. The first kappa shape index (κ1) is 42.9. The van der Waals surface area contributed by atoms with Crippen LogP contribution < -0.4 is 18.9 Å². The third kappa shape index (κ3) is 13.4. The molecule has 0 saturated carbocycles. The molecule has 8 nitrogen and oxygen atoms in total. The molecule has 0 radical (unpaired) electrons. The molecular formula is C49H60O8. The Morgan fingerprint density at radius 2 is 0.895 bits per heavy atom. The van der Waals surface area contributed by atoms with Crippen molar-refractivity contribution in [3.05, 3.63) is 108 Å². The van der Waals surface area contributed by atoms with E-state index in [9.17, 15) is 9.59 Å². The number of esters is 2. The largest absolute Gasteiger partial charge is 0.490 e. The number of hydrogen-bond donors (Lipinski definition) is 0. The molecule has 57 heavy (non-hydrogen) atoms. The summed E-state index contributed by atoms with van der Waals surface area (Å²) in [6.45, 7) is 10.8. The van der Waals surface area contributed by atoms with E-state index in [2.05, 4.69) is 19.9 Å². The van der Waals surface area contributed by atoms with Crippen molar-refractivity contribution in [2.45, 2.75) is 111 Å². The summed E-state index contributed by atoms with van der Waals surface area (Å²) in [5, 5.41) is 3.39. The van der Waals surface area contributed by atoms with Crippen LogP contribution in [0.25, 0.3) is 21.5 Å². The molecule has 0 amide bonds. The highest BCUT2D eigenvalue weighted by Gasteiger charge is 2.23. The summed E-state index contributed by atoms with van der Waals surface area (Å²) in [5.41, 5.74) is 3.21. The lowest BCUT2D eigenvalue weighted by atomic mass is 9.99. The first-order chi connectivity index (χ1) is 27.7. The van der Waals surface area contributed by atoms with Crippen LogP contribution in [-0.2, 0) is 19.1 Å². The van der Waals surface area contributed by atoms with Crippen molar-refractivity contribution >= 4 is 33.5 Å². The SMILES string of the molecule is CCCCCCC(=O)OC(COc1cccc(C)c1)COc1c2ccccc2c(OCC(COc2cccc(C)c2)OC(=O)CCCCCC)c2cc(C)ccc12. The molecule has 0 saturated heterocycles. The molecule has 0 aliphatic carbocycles. The van der Waals surface area contributed by atoms with Crippen LogP contribution in [0.3, 0.4) is 0 Å². The van der Waals surface area contributed by atoms with Gasteiger partial charge in [-0.3, -0.25) is 9.59 Å². The summed E-state index contributed by atoms with van der Waals surface area (Å²) >= 11 is 0. The summed E-state index contributed by atoms with van der Waals surface area (Å²) in [6.07, 6.45) is 7.30. The monoisotopic (exact) mass is 776 g/mol. The molecule has 0 bridgehead atoms. The molecule has 0 aromatic heterocycles. The predicted octanol–water partition coefficient (Wildman–Crippen LogP) is 11.6. The number of unbranched alkanes of at least 4 members (excludes halogenated alkanes) is 6. The molecule has 5 rings (SSSR count). The van der Waals surface area contributed by atoms with E-state index in [0.717, 1.165) is 89.6 Å². The minimum absolute atomic E-state index is 0.0896. The van der Waals surface area contributed by atoms with Crippen molar-refractivity contribution in [3.63, 3.8) is 0 Å². The molecule has 8 heteroatoms. The van der Waals surface area contributed by atoms with E-state index >= 15 is 0 Å². The van der Waals surface area contributed by atoms with Crippen molar-refractivity contribution in [2.75, 3.05) is 26.4 Å². The molecule has 0 heterocycles. The Morgan fingerprint density at radius 3 is 1.37 bits per heavy atom. The minimum Gasteiger partial charge on any atom is -0.490 e. The fourth-order valence-corrected chi connectivity index (χ4v) is 6.78. The number of fused-ring (bicyclic) bond motifs is 2. The van der Waals surface area contributed by atoms with Gasteiger partial charge in [0.2, 0.25) is 0 Å². The molecule has 5 aromatic rings. The van der Waals surface area contributed by atoms with E-state index in [0.29, 0.717) is 35.8 Å². The molecule has 0 N–H and O–H groups in total. The second-order valence-corrected chi connectivity index (χ2v) is 15.0. The van der Waals surface area contributed by atoms with Crippen molar-refractivity contribution in [3.8, 4) is 23.0 Å². The molecule has 304 valence electrons. The summed E-state index contributed by atoms with van der Waals surface area (Å²) < 4.78 is 37.6. The van der Waals surface area contributed by atoms with Gasteiger partial charge in [0.1, 0.15) is 49.4 Å². The fourth-order valence-electron chi connectivity index (χ4n) is 6.78. The summed E-state index contributed by atoms with van der Waals surface area (Å²) in [5.74, 6) is 2.21. The molecule has 0 aliphatic heterocycles. The van der Waals surface area contributed by atoms with Gasteiger partial charge in [-0.15, -0.1) is 0 Å². The lowest BCUT2D eigenvalue weighted by Crippen LogP contribution is -2.31. The molecule has 0 fully saturated rings. The van der Waals surface area contributed by atoms with E-state index in [-0.39, 0.29) is 38.4 Å². The van der Waals surface area contributed by atoms with Gasteiger partial charge < -0.3 is 28.4 Å². The second kappa shape index (κ2) is 22.5. The Morgan fingerprint density at radius 1 is 0.456 bits per heavy atom. The van der Waals surface area contributed by atoms with Crippen molar-refractivity contribution in [2.24, 2.45) is 0 Å². The van der Waals surface area contributed by atoms with Crippen molar-refractivity contribution in [1.82, 2.24) is 0 Å². The van der Waals surface area contributed by atoms with E-state index in [1.807, 2.05) is 106 Å². The highest BCUT2D eigenvalue weighted by Crippen LogP contribution is 2.43. The van der Waals surface area contributed by atoms with Crippen LogP contribution in [0.4, 0.5) is 0 Å². The van der Waals surface area contributed by atoms with Gasteiger partial charge in [-0.1, -0.05) is 119 Å². The maximum absolute atomic E-state index is 13.0. The summed E-state index contributed by atoms with van der Waals surface area (Å²) in [6, 6.07) is 29.7. The lowest BCUT2D eigenvalue weighted by Gasteiger charge is -2.23. The average molecular weight is 777 g/mol. The topological polar surface area (TPSA) is 89.5 Å².